The van der Waals surface area contributed by atoms with E-state index in [0.717, 1.165) is 11.1 Å². The van der Waals surface area contributed by atoms with Gasteiger partial charge in [0, 0.05) is 6.54 Å². The maximum absolute atomic E-state index is 12.2. The topological polar surface area (TPSA) is 90.7 Å². The molecule has 2 aromatic carbocycles. The van der Waals surface area contributed by atoms with Crippen LogP contribution in [0.4, 0.5) is 11.5 Å². The van der Waals surface area contributed by atoms with Crippen LogP contribution in [0.1, 0.15) is 27.2 Å². The lowest BCUT2D eigenvalue weighted by atomic mass is 10.1. The summed E-state index contributed by atoms with van der Waals surface area (Å²) in [7, 11) is 0. The van der Waals surface area contributed by atoms with Crippen LogP contribution in [0.2, 0.25) is 0 Å². The zero-order valence-electron chi connectivity index (χ0n) is 14.2. The van der Waals surface area contributed by atoms with E-state index in [4.69, 9.17) is 5.26 Å². The average Bonchev–Trinajstić information content (AvgIpc) is 2.67. The molecule has 1 heterocycles. The second-order valence-electron chi connectivity index (χ2n) is 5.74. The third-order valence-electron chi connectivity index (χ3n) is 3.73. The van der Waals surface area contributed by atoms with Crippen LogP contribution in [0, 0.1) is 18.3 Å². The Kier molecular flexibility index (Phi) is 5.20. The van der Waals surface area contributed by atoms with Gasteiger partial charge in [-0.3, -0.25) is 4.79 Å². The number of para-hydroxylation sites is 1. The standard InChI is InChI=1S/C20H17N5O/c1-14-5-4-6-15(9-14)11-24-20(26)18-12-23-19(13-22-18)25-17-8-3-2-7-16(17)10-21/h2-9,12-13H,11H2,1H3,(H,23,25)(H,24,26). The number of amides is 1. The quantitative estimate of drug-likeness (QED) is 0.741. The van der Waals surface area contributed by atoms with Gasteiger partial charge in [-0.15, -0.1) is 0 Å². The van der Waals surface area contributed by atoms with Crippen LogP contribution >= 0.6 is 0 Å². The highest BCUT2D eigenvalue weighted by atomic mass is 16.1. The molecule has 0 aliphatic rings. The zero-order valence-corrected chi connectivity index (χ0v) is 14.2. The molecule has 0 spiro atoms. The fourth-order valence-corrected chi connectivity index (χ4v) is 2.43. The molecule has 0 atom stereocenters. The molecule has 0 unspecified atom stereocenters. The monoisotopic (exact) mass is 343 g/mol. The van der Waals surface area contributed by atoms with Gasteiger partial charge in [0.1, 0.15) is 17.6 Å². The van der Waals surface area contributed by atoms with Gasteiger partial charge in [0.25, 0.3) is 5.91 Å². The van der Waals surface area contributed by atoms with E-state index in [9.17, 15) is 4.79 Å². The number of carbonyl (C=O) groups excluding carboxylic acids is 1. The number of nitrogens with one attached hydrogen (secondary N) is 2. The Morgan fingerprint density at radius 1 is 1.12 bits per heavy atom. The van der Waals surface area contributed by atoms with Crippen molar-refractivity contribution in [3.8, 4) is 6.07 Å². The van der Waals surface area contributed by atoms with Crippen molar-refractivity contribution in [2.45, 2.75) is 13.5 Å². The Morgan fingerprint density at radius 2 is 1.96 bits per heavy atom. The second-order valence-corrected chi connectivity index (χ2v) is 5.74. The zero-order chi connectivity index (χ0) is 18.4. The minimum Gasteiger partial charge on any atom is -0.347 e. The van der Waals surface area contributed by atoms with Crippen LogP contribution in [-0.4, -0.2) is 15.9 Å². The minimum atomic E-state index is -0.289. The summed E-state index contributed by atoms with van der Waals surface area (Å²) in [6.07, 6.45) is 2.87. The van der Waals surface area contributed by atoms with Crippen LogP contribution in [0.5, 0.6) is 0 Å². The number of rotatable bonds is 5. The lowest BCUT2D eigenvalue weighted by molar-refractivity contribution is 0.0945. The van der Waals surface area contributed by atoms with Crippen molar-refractivity contribution in [1.82, 2.24) is 15.3 Å². The first-order valence-corrected chi connectivity index (χ1v) is 8.07. The molecule has 0 aliphatic heterocycles. The number of aryl methyl sites for hydroxylation is 1. The molecule has 26 heavy (non-hydrogen) atoms. The molecule has 0 saturated carbocycles. The fourth-order valence-electron chi connectivity index (χ4n) is 2.43. The van der Waals surface area contributed by atoms with E-state index < -0.39 is 0 Å². The van der Waals surface area contributed by atoms with Gasteiger partial charge in [0.2, 0.25) is 0 Å². The van der Waals surface area contributed by atoms with E-state index in [-0.39, 0.29) is 11.6 Å². The molecule has 1 amide bonds. The summed E-state index contributed by atoms with van der Waals surface area (Å²) in [6, 6.07) is 17.1. The van der Waals surface area contributed by atoms with Crippen LogP contribution in [0.15, 0.2) is 60.9 Å². The fraction of sp³-hybridized carbons (Fsp3) is 0.100. The normalized spacial score (nSPS) is 10.0. The van der Waals surface area contributed by atoms with Crippen molar-refractivity contribution in [3.63, 3.8) is 0 Å². The van der Waals surface area contributed by atoms with Crippen LogP contribution in [-0.2, 0) is 6.54 Å². The molecule has 0 fully saturated rings. The summed E-state index contributed by atoms with van der Waals surface area (Å²) in [4.78, 5) is 20.5. The van der Waals surface area contributed by atoms with Gasteiger partial charge < -0.3 is 10.6 Å². The first-order chi connectivity index (χ1) is 12.7. The van der Waals surface area contributed by atoms with E-state index in [1.54, 1.807) is 18.2 Å². The molecular weight excluding hydrogens is 326 g/mol. The summed E-state index contributed by atoms with van der Waals surface area (Å²) in [5, 5.41) is 15.0. The lowest BCUT2D eigenvalue weighted by Crippen LogP contribution is -2.24. The number of hydrogen-bond donors (Lipinski definition) is 2. The molecule has 0 aliphatic carbocycles. The Bertz CT molecular complexity index is 960. The van der Waals surface area contributed by atoms with Gasteiger partial charge in [0.05, 0.1) is 23.6 Å². The predicted octanol–water partition coefficient (Wildman–Crippen LogP) is 3.33. The first-order valence-electron chi connectivity index (χ1n) is 8.07. The minimum absolute atomic E-state index is 0.233. The van der Waals surface area contributed by atoms with Crippen LogP contribution in [0.25, 0.3) is 0 Å². The summed E-state index contributed by atoms with van der Waals surface area (Å²) < 4.78 is 0. The Balaban J connectivity index is 1.63. The van der Waals surface area contributed by atoms with Gasteiger partial charge in [-0.1, -0.05) is 42.0 Å². The van der Waals surface area contributed by atoms with E-state index in [1.165, 1.54) is 12.4 Å². The van der Waals surface area contributed by atoms with Crippen molar-refractivity contribution < 1.29 is 4.79 Å². The highest BCUT2D eigenvalue weighted by molar-refractivity contribution is 5.92. The number of hydrogen-bond acceptors (Lipinski definition) is 5. The largest absolute Gasteiger partial charge is 0.347 e. The SMILES string of the molecule is Cc1cccc(CNC(=O)c2cnc(Nc3ccccc3C#N)cn2)c1. The predicted molar refractivity (Wildman–Crippen MR) is 98.8 cm³/mol. The number of benzene rings is 2. The molecule has 3 rings (SSSR count). The summed E-state index contributed by atoms with van der Waals surface area (Å²) in [5.74, 6) is 0.172. The molecule has 6 nitrogen and oxygen atoms in total. The van der Waals surface area contributed by atoms with E-state index in [2.05, 4.69) is 26.7 Å². The van der Waals surface area contributed by atoms with E-state index in [0.29, 0.717) is 23.6 Å². The maximum atomic E-state index is 12.2. The summed E-state index contributed by atoms with van der Waals surface area (Å²) in [6.45, 7) is 2.44. The second kappa shape index (κ2) is 7.90. The smallest absolute Gasteiger partial charge is 0.271 e. The molecule has 3 aromatic rings. The Morgan fingerprint density at radius 3 is 2.69 bits per heavy atom. The Hall–Kier alpha value is -3.72. The molecule has 128 valence electrons. The van der Waals surface area contributed by atoms with Gasteiger partial charge in [-0.25, -0.2) is 9.97 Å². The molecule has 0 radical (unpaired) electrons. The molecular formula is C20H17N5O. The van der Waals surface area contributed by atoms with Gasteiger partial charge in [-0.05, 0) is 24.6 Å². The number of anilines is 2. The molecule has 1 aromatic heterocycles. The van der Waals surface area contributed by atoms with Crippen molar-refractivity contribution in [2.75, 3.05) is 5.32 Å². The average molecular weight is 343 g/mol. The van der Waals surface area contributed by atoms with Gasteiger partial charge >= 0.3 is 0 Å². The highest BCUT2D eigenvalue weighted by Gasteiger charge is 2.09. The highest BCUT2D eigenvalue weighted by Crippen LogP contribution is 2.18. The molecule has 2 N–H and O–H groups in total. The first kappa shape index (κ1) is 17.1. The molecule has 0 bridgehead atoms. The summed E-state index contributed by atoms with van der Waals surface area (Å²) in [5.41, 5.74) is 3.55. The number of nitrogens with zero attached hydrogens (tertiary/aromatic N) is 3. The van der Waals surface area contributed by atoms with E-state index in [1.807, 2.05) is 37.3 Å². The molecule has 0 saturated heterocycles. The van der Waals surface area contributed by atoms with Crippen LogP contribution in [0.3, 0.4) is 0 Å². The van der Waals surface area contributed by atoms with Crippen molar-refractivity contribution in [2.24, 2.45) is 0 Å². The van der Waals surface area contributed by atoms with Gasteiger partial charge in [0.15, 0.2) is 0 Å². The summed E-state index contributed by atoms with van der Waals surface area (Å²) >= 11 is 0. The van der Waals surface area contributed by atoms with E-state index >= 15 is 0 Å². The van der Waals surface area contributed by atoms with Gasteiger partial charge in [-0.2, -0.15) is 5.26 Å². The lowest BCUT2D eigenvalue weighted by Gasteiger charge is -2.08. The molecule has 6 heteroatoms. The maximum Gasteiger partial charge on any atom is 0.271 e. The van der Waals surface area contributed by atoms with Crippen molar-refractivity contribution in [1.29, 1.82) is 5.26 Å². The van der Waals surface area contributed by atoms with Crippen LogP contribution < -0.4 is 10.6 Å². The third kappa shape index (κ3) is 4.22. The number of carbonyl (C=O) groups is 1. The van der Waals surface area contributed by atoms with Crippen molar-refractivity contribution >= 4 is 17.4 Å². The third-order valence-corrected chi connectivity index (χ3v) is 3.73. The number of aromatic nitrogens is 2. The Labute approximate surface area is 151 Å². The number of nitriles is 1. The van der Waals surface area contributed by atoms with Crippen molar-refractivity contribution in [3.05, 3.63) is 83.3 Å².